The summed E-state index contributed by atoms with van der Waals surface area (Å²) < 4.78 is 23.8. The van der Waals surface area contributed by atoms with Crippen LogP contribution in [0.4, 0.5) is 0 Å². The third kappa shape index (κ3) is 6.15. The van der Waals surface area contributed by atoms with Crippen molar-refractivity contribution in [2.45, 2.75) is 25.7 Å². The maximum Gasteiger partial charge on any atom is 0.242 e. The van der Waals surface area contributed by atoms with Crippen molar-refractivity contribution in [3.63, 3.8) is 0 Å². The van der Waals surface area contributed by atoms with Crippen molar-refractivity contribution in [1.82, 2.24) is 0 Å². The van der Waals surface area contributed by atoms with Crippen molar-refractivity contribution in [2.75, 3.05) is 14.2 Å². The molecule has 162 valence electrons. The van der Waals surface area contributed by atoms with E-state index in [1.807, 2.05) is 54.6 Å². The van der Waals surface area contributed by atoms with Crippen LogP contribution in [0.5, 0.6) is 11.5 Å². The zero-order valence-corrected chi connectivity index (χ0v) is 19.8. The van der Waals surface area contributed by atoms with Gasteiger partial charge in [-0.05, 0) is 49.0 Å². The van der Waals surface area contributed by atoms with Crippen LogP contribution in [0, 0.1) is 0 Å². The Bertz CT molecular complexity index is 955. The van der Waals surface area contributed by atoms with Crippen LogP contribution < -0.4 is 9.47 Å². The summed E-state index contributed by atoms with van der Waals surface area (Å²) in [5.41, 5.74) is 2.92. The highest BCUT2D eigenvalue weighted by atomic mass is 28.4. The fourth-order valence-corrected chi connectivity index (χ4v) is 4.03. The zero-order chi connectivity index (χ0) is 22.3. The molecular weight excluding hydrogens is 404 g/mol. The van der Waals surface area contributed by atoms with Crippen molar-refractivity contribution in [2.24, 2.45) is 0 Å². The van der Waals surface area contributed by atoms with Gasteiger partial charge in [-0.2, -0.15) is 0 Å². The lowest BCUT2D eigenvalue weighted by Gasteiger charge is -2.25. The Balaban J connectivity index is 2.05. The Kier molecular flexibility index (Phi) is 7.42. The van der Waals surface area contributed by atoms with Crippen molar-refractivity contribution < 1.29 is 18.6 Å². The molecule has 0 spiro atoms. The summed E-state index contributed by atoms with van der Waals surface area (Å²) in [5.74, 6) is 2.06. The molecule has 5 heteroatoms. The average Bonchev–Trinajstić information content (AvgIpc) is 2.78. The molecular formula is C26H30O4Si. The molecule has 0 atom stereocenters. The average molecular weight is 435 g/mol. The van der Waals surface area contributed by atoms with Gasteiger partial charge in [0.25, 0.3) is 0 Å². The predicted molar refractivity (Wildman–Crippen MR) is 128 cm³/mol. The van der Waals surface area contributed by atoms with Gasteiger partial charge in [0.15, 0.2) is 0 Å². The van der Waals surface area contributed by atoms with Gasteiger partial charge in [0, 0.05) is 0 Å². The summed E-state index contributed by atoms with van der Waals surface area (Å²) in [6.07, 6.45) is 1.44. The van der Waals surface area contributed by atoms with E-state index in [9.17, 15) is 0 Å². The van der Waals surface area contributed by atoms with Gasteiger partial charge in [0.2, 0.25) is 8.32 Å². The van der Waals surface area contributed by atoms with Crippen LogP contribution in [0.1, 0.15) is 22.8 Å². The normalized spacial score (nSPS) is 11.9. The Labute approximate surface area is 186 Å². The molecule has 0 aliphatic rings. The first-order chi connectivity index (χ1) is 14.9. The molecule has 0 N–H and O–H groups in total. The monoisotopic (exact) mass is 434 g/mol. The van der Waals surface area contributed by atoms with E-state index in [1.165, 1.54) is 0 Å². The van der Waals surface area contributed by atoms with Crippen molar-refractivity contribution in [3.05, 3.63) is 102 Å². The second kappa shape index (κ2) is 10.2. The molecule has 0 radical (unpaired) electrons. The molecule has 0 bridgehead atoms. The van der Waals surface area contributed by atoms with Gasteiger partial charge in [-0.15, -0.1) is 0 Å². The molecule has 4 nitrogen and oxygen atoms in total. The van der Waals surface area contributed by atoms with E-state index < -0.39 is 8.32 Å². The number of rotatable bonds is 9. The first-order valence-corrected chi connectivity index (χ1v) is 13.7. The van der Waals surface area contributed by atoms with E-state index in [4.69, 9.17) is 18.6 Å². The molecule has 31 heavy (non-hydrogen) atoms. The van der Waals surface area contributed by atoms with E-state index in [0.29, 0.717) is 11.5 Å². The Hall–Kier alpha value is -3.18. The lowest BCUT2D eigenvalue weighted by atomic mass is 10.0. The molecule has 0 unspecified atom stereocenters. The molecule has 3 aromatic carbocycles. The van der Waals surface area contributed by atoms with Gasteiger partial charge >= 0.3 is 0 Å². The first kappa shape index (κ1) is 22.5. The summed E-state index contributed by atoms with van der Waals surface area (Å²) in [6.45, 7) is 6.41. The van der Waals surface area contributed by atoms with E-state index in [-0.39, 0.29) is 6.10 Å². The first-order valence-electron chi connectivity index (χ1n) is 10.3. The third-order valence-electron chi connectivity index (χ3n) is 4.60. The molecule has 3 rings (SSSR count). The highest BCUT2D eigenvalue weighted by Crippen LogP contribution is 2.34. The highest BCUT2D eigenvalue weighted by Gasteiger charge is 2.23. The van der Waals surface area contributed by atoms with Crippen molar-refractivity contribution >= 4 is 14.1 Å². The zero-order valence-electron chi connectivity index (χ0n) is 18.8. The topological polar surface area (TPSA) is 36.9 Å². The molecule has 0 aliphatic heterocycles. The molecule has 0 saturated heterocycles. The minimum Gasteiger partial charge on any atom is -0.542 e. The largest absolute Gasteiger partial charge is 0.542 e. The molecule has 3 aromatic rings. The number of ether oxygens (including phenoxy) is 3. The van der Waals surface area contributed by atoms with Gasteiger partial charge in [0.05, 0.1) is 19.8 Å². The van der Waals surface area contributed by atoms with Crippen LogP contribution in [-0.2, 0) is 9.16 Å². The summed E-state index contributed by atoms with van der Waals surface area (Å²) in [7, 11) is 1.35. The Morgan fingerprint density at radius 3 is 1.84 bits per heavy atom. The SMILES string of the molecule is COc1ccc(OC)c(/C(=C/OC(c2ccccc2)c2ccccc2)O[Si](C)(C)C)c1. The quantitative estimate of drug-likeness (QED) is 0.279. The van der Waals surface area contributed by atoms with Gasteiger partial charge in [0.1, 0.15) is 29.6 Å². The standard InChI is InChI=1S/C26H30O4Si/c1-27-22-16-17-24(28-2)23(18-22)25(30-31(3,4)5)19-29-26(20-12-8-6-9-13-20)21-14-10-7-11-15-21/h6-19,26H,1-5H3/b25-19-. The van der Waals surface area contributed by atoms with Crippen LogP contribution in [0.3, 0.4) is 0 Å². The second-order valence-electron chi connectivity index (χ2n) is 8.10. The molecule has 0 aromatic heterocycles. The molecule has 0 saturated carbocycles. The smallest absolute Gasteiger partial charge is 0.242 e. The van der Waals surface area contributed by atoms with E-state index in [2.05, 4.69) is 43.9 Å². The van der Waals surface area contributed by atoms with Crippen LogP contribution in [0.25, 0.3) is 5.76 Å². The van der Waals surface area contributed by atoms with Crippen molar-refractivity contribution in [1.29, 1.82) is 0 Å². The molecule has 0 amide bonds. The van der Waals surface area contributed by atoms with Gasteiger partial charge < -0.3 is 18.6 Å². The van der Waals surface area contributed by atoms with Crippen LogP contribution >= 0.6 is 0 Å². The van der Waals surface area contributed by atoms with Gasteiger partial charge in [-0.1, -0.05) is 60.7 Å². The maximum atomic E-state index is 6.43. The van der Waals surface area contributed by atoms with Gasteiger partial charge in [-0.25, -0.2) is 0 Å². The third-order valence-corrected chi connectivity index (χ3v) is 5.44. The summed E-state index contributed by atoms with van der Waals surface area (Å²) in [5, 5.41) is 0. The van der Waals surface area contributed by atoms with E-state index in [1.54, 1.807) is 20.5 Å². The molecule has 0 fully saturated rings. The van der Waals surface area contributed by atoms with E-state index >= 15 is 0 Å². The number of benzene rings is 3. The minimum atomic E-state index is -1.94. The Morgan fingerprint density at radius 1 is 0.774 bits per heavy atom. The second-order valence-corrected chi connectivity index (χ2v) is 12.5. The number of hydrogen-bond acceptors (Lipinski definition) is 4. The van der Waals surface area contributed by atoms with E-state index in [0.717, 1.165) is 22.4 Å². The lowest BCUT2D eigenvalue weighted by Crippen LogP contribution is -2.24. The summed E-state index contributed by atoms with van der Waals surface area (Å²) in [6, 6.07) is 26.0. The number of hydrogen-bond donors (Lipinski definition) is 0. The lowest BCUT2D eigenvalue weighted by molar-refractivity contribution is 0.179. The van der Waals surface area contributed by atoms with Crippen LogP contribution in [0.2, 0.25) is 19.6 Å². The van der Waals surface area contributed by atoms with Crippen molar-refractivity contribution in [3.8, 4) is 11.5 Å². The van der Waals surface area contributed by atoms with Crippen LogP contribution in [0.15, 0.2) is 85.1 Å². The molecule has 0 aliphatic carbocycles. The number of methoxy groups -OCH3 is 2. The molecule has 0 heterocycles. The van der Waals surface area contributed by atoms with Crippen LogP contribution in [-0.4, -0.2) is 22.5 Å². The Morgan fingerprint density at radius 2 is 1.35 bits per heavy atom. The predicted octanol–water partition coefficient (Wildman–Crippen LogP) is 6.66. The fraction of sp³-hybridized carbons (Fsp3) is 0.231. The summed E-state index contributed by atoms with van der Waals surface area (Å²) in [4.78, 5) is 0. The highest BCUT2D eigenvalue weighted by molar-refractivity contribution is 6.70. The summed E-state index contributed by atoms with van der Waals surface area (Å²) >= 11 is 0. The fourth-order valence-electron chi connectivity index (χ4n) is 3.21. The maximum absolute atomic E-state index is 6.43. The van der Waals surface area contributed by atoms with Gasteiger partial charge in [-0.3, -0.25) is 0 Å². The minimum absolute atomic E-state index is 0.265.